The highest BCUT2D eigenvalue weighted by Gasteiger charge is 2.22. The molecule has 0 aliphatic carbocycles. The van der Waals surface area contributed by atoms with Crippen molar-refractivity contribution in [3.05, 3.63) is 65.2 Å². The number of thiazole rings is 1. The summed E-state index contributed by atoms with van der Waals surface area (Å²) in [6.07, 6.45) is 1.91. The molecule has 2 heterocycles. The summed E-state index contributed by atoms with van der Waals surface area (Å²) in [6.45, 7) is 1.87. The molecule has 26 heavy (non-hydrogen) atoms. The molecule has 1 atom stereocenters. The number of nitrogens with one attached hydrogen (secondary N) is 1. The van der Waals surface area contributed by atoms with Crippen molar-refractivity contribution < 1.29 is 4.79 Å². The van der Waals surface area contributed by atoms with Crippen molar-refractivity contribution >= 4 is 43.5 Å². The number of anilines is 1. The molecule has 7 heteroatoms. The molecule has 0 bridgehead atoms. The Bertz CT molecular complexity index is 1130. The first kappa shape index (κ1) is 16.4. The SMILES string of the molecule is CC[C@H](C(=O)Nc1nc2ccccc2s1)n1cnc2ccccc2c1=O. The second-order valence-electron chi connectivity index (χ2n) is 5.87. The quantitative estimate of drug-likeness (QED) is 0.600. The number of para-hydroxylation sites is 2. The number of rotatable bonds is 4. The van der Waals surface area contributed by atoms with E-state index in [-0.39, 0.29) is 11.5 Å². The smallest absolute Gasteiger partial charge is 0.261 e. The average Bonchev–Trinajstić information content (AvgIpc) is 3.06. The lowest BCUT2D eigenvalue weighted by atomic mass is 10.2. The zero-order valence-electron chi connectivity index (χ0n) is 14.0. The van der Waals surface area contributed by atoms with Gasteiger partial charge in [-0.15, -0.1) is 0 Å². The van der Waals surface area contributed by atoms with Crippen molar-refractivity contribution in [1.29, 1.82) is 0 Å². The summed E-state index contributed by atoms with van der Waals surface area (Å²) in [5.74, 6) is -0.272. The van der Waals surface area contributed by atoms with E-state index >= 15 is 0 Å². The third-order valence-corrected chi connectivity index (χ3v) is 5.19. The zero-order chi connectivity index (χ0) is 18.1. The summed E-state index contributed by atoms with van der Waals surface area (Å²) in [5, 5.41) is 3.86. The molecule has 0 saturated carbocycles. The highest BCUT2D eigenvalue weighted by molar-refractivity contribution is 7.22. The van der Waals surface area contributed by atoms with Crippen molar-refractivity contribution in [3.8, 4) is 0 Å². The molecule has 0 fully saturated rings. The van der Waals surface area contributed by atoms with Gasteiger partial charge in [0, 0.05) is 0 Å². The monoisotopic (exact) mass is 364 g/mol. The molecule has 2 aromatic carbocycles. The predicted molar refractivity (Wildman–Crippen MR) is 104 cm³/mol. The molecule has 2 aromatic heterocycles. The van der Waals surface area contributed by atoms with E-state index in [1.165, 1.54) is 22.2 Å². The number of amides is 1. The molecule has 0 aliphatic rings. The van der Waals surface area contributed by atoms with Gasteiger partial charge in [-0.2, -0.15) is 0 Å². The minimum atomic E-state index is -0.647. The molecule has 0 spiro atoms. The van der Waals surface area contributed by atoms with Gasteiger partial charge >= 0.3 is 0 Å². The Balaban J connectivity index is 1.67. The van der Waals surface area contributed by atoms with Crippen LogP contribution in [0.2, 0.25) is 0 Å². The van der Waals surface area contributed by atoms with Crippen LogP contribution in [0.15, 0.2) is 59.7 Å². The fourth-order valence-corrected chi connectivity index (χ4v) is 3.80. The first-order valence-corrected chi connectivity index (χ1v) is 9.11. The third-order valence-electron chi connectivity index (χ3n) is 4.24. The van der Waals surface area contributed by atoms with Gasteiger partial charge in [-0.25, -0.2) is 9.97 Å². The summed E-state index contributed by atoms with van der Waals surface area (Å²) in [5.41, 5.74) is 1.24. The van der Waals surface area contributed by atoms with Crippen LogP contribution in [0.25, 0.3) is 21.1 Å². The van der Waals surface area contributed by atoms with Gasteiger partial charge < -0.3 is 5.32 Å². The topological polar surface area (TPSA) is 76.9 Å². The maximum absolute atomic E-state index is 12.8. The number of fused-ring (bicyclic) bond motifs is 2. The number of carbonyl (C=O) groups excluding carboxylic acids is 1. The number of benzene rings is 2. The number of carbonyl (C=O) groups is 1. The Hall–Kier alpha value is -3.06. The van der Waals surface area contributed by atoms with E-state index < -0.39 is 6.04 Å². The van der Waals surface area contributed by atoms with Crippen molar-refractivity contribution in [2.24, 2.45) is 0 Å². The molecular formula is C19H16N4O2S. The molecular weight excluding hydrogens is 348 g/mol. The molecule has 0 unspecified atom stereocenters. The van der Waals surface area contributed by atoms with Gasteiger partial charge in [-0.3, -0.25) is 14.2 Å². The molecule has 0 radical (unpaired) electrons. The van der Waals surface area contributed by atoms with Gasteiger partial charge in [-0.1, -0.05) is 42.5 Å². The van der Waals surface area contributed by atoms with Crippen molar-refractivity contribution in [2.45, 2.75) is 19.4 Å². The predicted octanol–water partition coefficient (Wildman–Crippen LogP) is 3.60. The largest absolute Gasteiger partial charge is 0.300 e. The summed E-state index contributed by atoms with van der Waals surface area (Å²) >= 11 is 1.41. The molecule has 4 rings (SSSR count). The van der Waals surface area contributed by atoms with Gasteiger partial charge in [0.1, 0.15) is 6.04 Å². The van der Waals surface area contributed by atoms with Crippen molar-refractivity contribution in [3.63, 3.8) is 0 Å². The number of nitrogens with zero attached hydrogens (tertiary/aromatic N) is 3. The molecule has 0 saturated heterocycles. The standard InChI is InChI=1S/C19H16N4O2S/c1-2-15(23-11-20-13-8-4-3-7-12(13)18(23)25)17(24)22-19-21-14-9-5-6-10-16(14)26-19/h3-11,15H,2H2,1H3,(H,21,22,24)/t15-/m1/s1. The van der Waals surface area contributed by atoms with E-state index in [2.05, 4.69) is 15.3 Å². The van der Waals surface area contributed by atoms with Crippen LogP contribution < -0.4 is 10.9 Å². The minimum absolute atomic E-state index is 0.220. The molecule has 0 aliphatic heterocycles. The Morgan fingerprint density at radius 1 is 1.15 bits per heavy atom. The second-order valence-corrected chi connectivity index (χ2v) is 6.90. The fraction of sp³-hybridized carbons (Fsp3) is 0.158. The Morgan fingerprint density at radius 2 is 1.88 bits per heavy atom. The van der Waals surface area contributed by atoms with Gasteiger partial charge in [-0.05, 0) is 30.7 Å². The maximum Gasteiger partial charge on any atom is 0.261 e. The van der Waals surface area contributed by atoms with E-state index in [1.807, 2.05) is 37.3 Å². The van der Waals surface area contributed by atoms with E-state index in [0.29, 0.717) is 22.5 Å². The number of aromatic nitrogens is 3. The third kappa shape index (κ3) is 2.86. The average molecular weight is 364 g/mol. The fourth-order valence-electron chi connectivity index (χ4n) is 2.93. The van der Waals surface area contributed by atoms with Crippen molar-refractivity contribution in [2.75, 3.05) is 5.32 Å². The molecule has 4 aromatic rings. The van der Waals surface area contributed by atoms with Gasteiger partial charge in [0.25, 0.3) is 5.56 Å². The number of hydrogen-bond donors (Lipinski definition) is 1. The summed E-state index contributed by atoms with van der Waals surface area (Å²) < 4.78 is 2.39. The zero-order valence-corrected chi connectivity index (χ0v) is 14.9. The van der Waals surface area contributed by atoms with Crippen LogP contribution in [0.5, 0.6) is 0 Å². The van der Waals surface area contributed by atoms with E-state index in [4.69, 9.17) is 0 Å². The van der Waals surface area contributed by atoms with Crippen LogP contribution in [0.3, 0.4) is 0 Å². The van der Waals surface area contributed by atoms with Gasteiger partial charge in [0.2, 0.25) is 5.91 Å². The van der Waals surface area contributed by atoms with Crippen LogP contribution in [0.1, 0.15) is 19.4 Å². The first-order chi connectivity index (χ1) is 12.7. The van der Waals surface area contributed by atoms with Gasteiger partial charge in [0.05, 0.1) is 27.4 Å². The van der Waals surface area contributed by atoms with E-state index in [9.17, 15) is 9.59 Å². The lowest BCUT2D eigenvalue weighted by Gasteiger charge is -2.17. The number of hydrogen-bond acceptors (Lipinski definition) is 5. The van der Waals surface area contributed by atoms with Crippen LogP contribution >= 0.6 is 11.3 Å². The van der Waals surface area contributed by atoms with Crippen LogP contribution in [0.4, 0.5) is 5.13 Å². The van der Waals surface area contributed by atoms with Gasteiger partial charge in [0.15, 0.2) is 5.13 Å². The Morgan fingerprint density at radius 3 is 2.65 bits per heavy atom. The maximum atomic E-state index is 12.8. The first-order valence-electron chi connectivity index (χ1n) is 8.29. The molecule has 1 amide bonds. The lowest BCUT2D eigenvalue weighted by Crippen LogP contribution is -2.33. The normalized spacial score (nSPS) is 12.3. The molecule has 6 nitrogen and oxygen atoms in total. The van der Waals surface area contributed by atoms with Crippen molar-refractivity contribution in [1.82, 2.24) is 14.5 Å². The molecule has 1 N–H and O–H groups in total. The Labute approximate surface area is 153 Å². The van der Waals surface area contributed by atoms with Crippen LogP contribution in [-0.4, -0.2) is 20.4 Å². The molecule has 130 valence electrons. The lowest BCUT2D eigenvalue weighted by molar-refractivity contribution is -0.119. The van der Waals surface area contributed by atoms with E-state index in [0.717, 1.165) is 10.2 Å². The van der Waals surface area contributed by atoms with E-state index in [1.54, 1.807) is 18.2 Å². The highest BCUT2D eigenvalue weighted by Crippen LogP contribution is 2.26. The second kappa shape index (κ2) is 6.68. The summed E-state index contributed by atoms with van der Waals surface area (Å²) in [6, 6.07) is 14.2. The van der Waals surface area contributed by atoms with Crippen LogP contribution in [0, 0.1) is 0 Å². The van der Waals surface area contributed by atoms with Crippen LogP contribution in [-0.2, 0) is 4.79 Å². The highest BCUT2D eigenvalue weighted by atomic mass is 32.1. The minimum Gasteiger partial charge on any atom is -0.300 e. The summed E-state index contributed by atoms with van der Waals surface area (Å²) in [7, 11) is 0. The Kier molecular flexibility index (Phi) is 4.22. The summed E-state index contributed by atoms with van der Waals surface area (Å²) in [4.78, 5) is 34.3.